The Balaban J connectivity index is 2.33. The van der Waals surface area contributed by atoms with Gasteiger partial charge in [-0.15, -0.1) is 0 Å². The van der Waals surface area contributed by atoms with E-state index in [0.717, 1.165) is 0 Å². The third-order valence-corrected chi connectivity index (χ3v) is 2.01. The maximum Gasteiger partial charge on any atom is 0.231 e. The van der Waals surface area contributed by atoms with Gasteiger partial charge in [0.15, 0.2) is 11.5 Å². The van der Waals surface area contributed by atoms with Gasteiger partial charge in [0.05, 0.1) is 0 Å². The first kappa shape index (κ1) is 8.83. The molecule has 1 aromatic rings. The number of hydrogen-bond donors (Lipinski definition) is 3. The number of benzene rings is 1. The number of aliphatic hydroxyl groups excluding tert-OH is 1. The van der Waals surface area contributed by atoms with Crippen molar-refractivity contribution in [3.63, 3.8) is 0 Å². The van der Waals surface area contributed by atoms with Gasteiger partial charge in [-0.1, -0.05) is 6.07 Å². The van der Waals surface area contributed by atoms with Crippen LogP contribution in [-0.2, 0) is 0 Å². The van der Waals surface area contributed by atoms with Gasteiger partial charge in [-0.05, 0) is 17.7 Å². The molecule has 0 unspecified atom stereocenters. The van der Waals surface area contributed by atoms with Crippen molar-refractivity contribution < 1.29 is 14.6 Å². The summed E-state index contributed by atoms with van der Waals surface area (Å²) in [5, 5.41) is 16.6. The summed E-state index contributed by atoms with van der Waals surface area (Å²) in [4.78, 5) is 0. The van der Waals surface area contributed by atoms with Gasteiger partial charge < -0.3 is 20.3 Å². The van der Waals surface area contributed by atoms with Gasteiger partial charge in [-0.2, -0.15) is 0 Å². The normalized spacial score (nSPS) is 15.2. The molecule has 0 saturated carbocycles. The molecule has 0 aliphatic carbocycles. The molecule has 0 amide bonds. The minimum atomic E-state index is -1.08. The second kappa shape index (κ2) is 3.19. The Bertz CT molecular complexity index is 378. The van der Waals surface area contributed by atoms with Crippen molar-refractivity contribution in [2.75, 3.05) is 6.79 Å². The molecule has 1 atom stereocenters. The molecule has 0 bridgehead atoms. The fraction of sp³-hybridized carbons (Fsp3) is 0.222. The van der Waals surface area contributed by atoms with Crippen molar-refractivity contribution in [2.24, 2.45) is 5.73 Å². The lowest BCUT2D eigenvalue weighted by Gasteiger charge is -2.08. The molecule has 1 aromatic carbocycles. The van der Waals surface area contributed by atoms with Gasteiger partial charge in [0, 0.05) is 0 Å². The smallest absolute Gasteiger partial charge is 0.231 e. The summed E-state index contributed by atoms with van der Waals surface area (Å²) in [6, 6.07) is 4.96. The zero-order valence-corrected chi connectivity index (χ0v) is 7.36. The molecule has 4 N–H and O–H groups in total. The van der Waals surface area contributed by atoms with E-state index in [2.05, 4.69) is 0 Å². The Morgan fingerprint density at radius 2 is 2.14 bits per heavy atom. The predicted octanol–water partition coefficient (Wildman–Crippen LogP) is 0.385. The molecule has 14 heavy (non-hydrogen) atoms. The van der Waals surface area contributed by atoms with Crippen molar-refractivity contribution in [1.29, 1.82) is 5.41 Å². The third kappa shape index (κ3) is 1.38. The van der Waals surface area contributed by atoms with Crippen LogP contribution in [0.4, 0.5) is 0 Å². The van der Waals surface area contributed by atoms with E-state index in [0.29, 0.717) is 17.1 Å². The van der Waals surface area contributed by atoms with Crippen LogP contribution in [0.25, 0.3) is 0 Å². The number of nitrogens with two attached hydrogens (primary N) is 1. The Kier molecular flexibility index (Phi) is 2.01. The highest BCUT2D eigenvalue weighted by atomic mass is 16.7. The quantitative estimate of drug-likeness (QED) is 0.469. The highest BCUT2D eigenvalue weighted by Crippen LogP contribution is 2.34. The second-order valence-electron chi connectivity index (χ2n) is 2.97. The molecule has 1 aliphatic rings. The standard InChI is InChI=1S/C9H10N2O3/c10-9(11)8(12)5-1-2-6-7(3-5)14-4-13-6/h1-3,8,12H,4H2,(H3,10,11)/t8-/m0/s1. The van der Waals surface area contributed by atoms with Gasteiger partial charge in [0.2, 0.25) is 6.79 Å². The summed E-state index contributed by atoms with van der Waals surface area (Å²) < 4.78 is 10.2. The minimum absolute atomic E-state index is 0.189. The maximum absolute atomic E-state index is 9.48. The van der Waals surface area contributed by atoms with Crippen LogP contribution in [0.3, 0.4) is 0 Å². The molecular formula is C9H10N2O3. The maximum atomic E-state index is 9.48. The zero-order valence-electron chi connectivity index (χ0n) is 7.36. The van der Waals surface area contributed by atoms with E-state index in [4.69, 9.17) is 20.6 Å². The number of nitrogens with one attached hydrogen (secondary N) is 1. The van der Waals surface area contributed by atoms with E-state index in [-0.39, 0.29) is 12.6 Å². The molecule has 0 radical (unpaired) electrons. The molecule has 0 aromatic heterocycles. The van der Waals surface area contributed by atoms with E-state index in [1.807, 2.05) is 0 Å². The molecule has 5 heteroatoms. The van der Waals surface area contributed by atoms with Crippen molar-refractivity contribution in [3.8, 4) is 11.5 Å². The largest absolute Gasteiger partial charge is 0.454 e. The molecule has 1 aliphatic heterocycles. The first-order chi connectivity index (χ1) is 6.68. The van der Waals surface area contributed by atoms with Crippen molar-refractivity contribution in [1.82, 2.24) is 0 Å². The van der Waals surface area contributed by atoms with E-state index >= 15 is 0 Å². The Morgan fingerprint density at radius 3 is 2.86 bits per heavy atom. The summed E-state index contributed by atoms with van der Waals surface area (Å²) in [5.74, 6) is 0.927. The molecule has 0 saturated heterocycles. The number of aliphatic hydroxyl groups is 1. The highest BCUT2D eigenvalue weighted by molar-refractivity contribution is 5.83. The summed E-state index contributed by atoms with van der Waals surface area (Å²) in [6.07, 6.45) is -1.08. The fourth-order valence-electron chi connectivity index (χ4n) is 1.26. The summed E-state index contributed by atoms with van der Waals surface area (Å²) in [6.45, 7) is 0.189. The third-order valence-electron chi connectivity index (χ3n) is 2.01. The van der Waals surface area contributed by atoms with Gasteiger partial charge in [0.1, 0.15) is 11.9 Å². The van der Waals surface area contributed by atoms with Gasteiger partial charge >= 0.3 is 0 Å². The van der Waals surface area contributed by atoms with E-state index in [9.17, 15) is 5.11 Å². The number of fused-ring (bicyclic) bond motifs is 1. The second-order valence-corrected chi connectivity index (χ2v) is 2.97. The van der Waals surface area contributed by atoms with Crippen LogP contribution in [-0.4, -0.2) is 17.7 Å². The lowest BCUT2D eigenvalue weighted by Crippen LogP contribution is -2.19. The fourth-order valence-corrected chi connectivity index (χ4v) is 1.26. The lowest BCUT2D eigenvalue weighted by atomic mass is 10.1. The average Bonchev–Trinajstić information content (AvgIpc) is 2.62. The van der Waals surface area contributed by atoms with Gasteiger partial charge in [-0.25, -0.2) is 0 Å². The molecule has 74 valence electrons. The highest BCUT2D eigenvalue weighted by Gasteiger charge is 2.17. The summed E-state index contributed by atoms with van der Waals surface area (Å²) in [5.41, 5.74) is 5.70. The number of rotatable bonds is 2. The number of hydrogen-bond acceptors (Lipinski definition) is 4. The van der Waals surface area contributed by atoms with Crippen molar-refractivity contribution in [3.05, 3.63) is 23.8 Å². The number of ether oxygens (including phenoxy) is 2. The average molecular weight is 194 g/mol. The molecule has 0 spiro atoms. The van der Waals surface area contributed by atoms with Gasteiger partial charge in [0.25, 0.3) is 0 Å². The topological polar surface area (TPSA) is 88.6 Å². The van der Waals surface area contributed by atoms with Gasteiger partial charge in [-0.3, -0.25) is 5.41 Å². The van der Waals surface area contributed by atoms with Crippen LogP contribution in [0.1, 0.15) is 11.7 Å². The summed E-state index contributed by atoms with van der Waals surface area (Å²) in [7, 11) is 0. The molecule has 1 heterocycles. The molecule has 0 fully saturated rings. The van der Waals surface area contributed by atoms with Crippen LogP contribution in [0.5, 0.6) is 11.5 Å². The lowest BCUT2D eigenvalue weighted by molar-refractivity contribution is 0.173. The Morgan fingerprint density at radius 1 is 1.43 bits per heavy atom. The first-order valence-electron chi connectivity index (χ1n) is 4.10. The van der Waals surface area contributed by atoms with E-state index in [1.54, 1.807) is 18.2 Å². The van der Waals surface area contributed by atoms with Crippen LogP contribution < -0.4 is 15.2 Å². The zero-order chi connectivity index (χ0) is 10.1. The van der Waals surface area contributed by atoms with E-state index in [1.165, 1.54) is 0 Å². The van der Waals surface area contributed by atoms with E-state index < -0.39 is 6.10 Å². The van der Waals surface area contributed by atoms with Crippen LogP contribution >= 0.6 is 0 Å². The Hall–Kier alpha value is -1.75. The first-order valence-corrected chi connectivity index (χ1v) is 4.10. The van der Waals surface area contributed by atoms with Crippen LogP contribution in [0.2, 0.25) is 0 Å². The Labute approximate surface area is 80.6 Å². The SMILES string of the molecule is N=C(N)[C@@H](O)c1ccc2c(c1)OCO2. The monoisotopic (exact) mass is 194 g/mol. The number of amidine groups is 1. The molecular weight excluding hydrogens is 184 g/mol. The predicted molar refractivity (Wildman–Crippen MR) is 49.4 cm³/mol. The molecule has 2 rings (SSSR count). The van der Waals surface area contributed by atoms with Crippen LogP contribution in [0, 0.1) is 5.41 Å². The minimum Gasteiger partial charge on any atom is -0.454 e. The van der Waals surface area contributed by atoms with Crippen molar-refractivity contribution in [2.45, 2.75) is 6.10 Å². The van der Waals surface area contributed by atoms with Crippen molar-refractivity contribution >= 4 is 5.84 Å². The molecule has 5 nitrogen and oxygen atoms in total. The van der Waals surface area contributed by atoms with Crippen LogP contribution in [0.15, 0.2) is 18.2 Å². The summed E-state index contributed by atoms with van der Waals surface area (Å²) >= 11 is 0.